The molecule has 1 amide bonds. The van der Waals surface area contributed by atoms with E-state index in [1.165, 1.54) is 148 Å². The summed E-state index contributed by atoms with van der Waals surface area (Å²) in [5.74, 6) is -3.54. The highest BCUT2D eigenvalue weighted by molar-refractivity contribution is 5.73. The van der Waals surface area contributed by atoms with E-state index in [2.05, 4.69) is 19.2 Å². The van der Waals surface area contributed by atoms with Crippen molar-refractivity contribution in [2.75, 3.05) is 19.8 Å². The zero-order valence-electron chi connectivity index (χ0n) is 43.0. The van der Waals surface area contributed by atoms with Gasteiger partial charge in [0.2, 0.25) is 5.91 Å². The maximum Gasteiger partial charge on any atom is 0.306 e. The number of esters is 5. The summed E-state index contributed by atoms with van der Waals surface area (Å²) in [5.41, 5.74) is 0. The predicted octanol–water partition coefficient (Wildman–Crippen LogP) is 11.6. The van der Waals surface area contributed by atoms with Crippen LogP contribution in [0.1, 0.15) is 247 Å². The third-order valence-corrected chi connectivity index (χ3v) is 12.2. The van der Waals surface area contributed by atoms with E-state index in [1.54, 1.807) is 0 Å². The number of ether oxygens (including phenoxy) is 7. The van der Waals surface area contributed by atoms with Crippen molar-refractivity contribution < 1.29 is 61.9 Å². The average Bonchev–Trinajstić information content (AvgIpc) is 3.27. The molecule has 390 valence electrons. The number of unbranched alkanes of at least 4 members (excludes halogenated alkanes) is 28. The fourth-order valence-corrected chi connectivity index (χ4v) is 8.50. The van der Waals surface area contributed by atoms with Crippen LogP contribution in [0, 0.1) is 0 Å². The quantitative estimate of drug-likeness (QED) is 0.0347. The molecule has 1 aliphatic rings. The van der Waals surface area contributed by atoms with Crippen molar-refractivity contribution in [2.24, 2.45) is 0 Å². The van der Waals surface area contributed by atoms with E-state index in [-0.39, 0.29) is 32.6 Å². The average molecular weight is 954 g/mol. The molecule has 0 aliphatic carbocycles. The van der Waals surface area contributed by atoms with Gasteiger partial charge in [-0.05, 0) is 12.8 Å². The lowest BCUT2D eigenvalue weighted by Crippen LogP contribution is -2.64. The Kier molecular flexibility index (Phi) is 38.4. The lowest BCUT2D eigenvalue weighted by molar-refractivity contribution is -0.306. The molecule has 0 aromatic heterocycles. The van der Waals surface area contributed by atoms with Crippen LogP contribution < -0.4 is 5.32 Å². The Hall–Kier alpha value is -3.26. The molecule has 0 unspecified atom stereocenters. The van der Waals surface area contributed by atoms with Crippen molar-refractivity contribution >= 4 is 35.8 Å². The maximum atomic E-state index is 13.2. The van der Waals surface area contributed by atoms with Crippen molar-refractivity contribution in [1.29, 1.82) is 0 Å². The Morgan fingerprint density at radius 3 is 1.19 bits per heavy atom. The number of carbonyl (C=O) groups is 6. The topological polar surface area (TPSA) is 179 Å². The van der Waals surface area contributed by atoms with Gasteiger partial charge in [-0.2, -0.15) is 0 Å². The Balaban J connectivity index is 2.78. The molecule has 14 nitrogen and oxygen atoms in total. The lowest BCUT2D eigenvalue weighted by Gasteiger charge is -2.44. The molecule has 1 rings (SSSR count). The Morgan fingerprint density at radius 1 is 0.448 bits per heavy atom. The maximum absolute atomic E-state index is 13.2. The number of amides is 1. The molecule has 1 heterocycles. The molecular formula is C53H95NO13. The van der Waals surface area contributed by atoms with Crippen LogP contribution in [-0.4, -0.2) is 92.3 Å². The number of carbonyl (C=O) groups excluding carboxylic acids is 6. The molecule has 0 radical (unpaired) electrons. The van der Waals surface area contributed by atoms with Gasteiger partial charge in [0.05, 0.1) is 6.61 Å². The van der Waals surface area contributed by atoms with Crippen LogP contribution in [0.3, 0.4) is 0 Å². The van der Waals surface area contributed by atoms with E-state index in [1.807, 2.05) is 0 Å². The number of nitrogens with one attached hydrogen (secondary N) is 1. The first-order valence-electron chi connectivity index (χ1n) is 26.8. The molecule has 14 heteroatoms. The van der Waals surface area contributed by atoms with Crippen molar-refractivity contribution in [3.8, 4) is 0 Å². The second kappa shape index (κ2) is 41.7. The highest BCUT2D eigenvalue weighted by Crippen LogP contribution is 2.30. The van der Waals surface area contributed by atoms with Crippen LogP contribution in [0.2, 0.25) is 0 Å². The van der Waals surface area contributed by atoms with E-state index in [9.17, 15) is 28.8 Å². The summed E-state index contributed by atoms with van der Waals surface area (Å²) in [4.78, 5) is 74.8. The molecule has 1 saturated heterocycles. The number of hydrogen-bond acceptors (Lipinski definition) is 13. The molecule has 67 heavy (non-hydrogen) atoms. The van der Waals surface area contributed by atoms with E-state index in [4.69, 9.17) is 33.2 Å². The fraction of sp³-hybridized carbons (Fsp3) is 0.887. The van der Waals surface area contributed by atoms with Gasteiger partial charge in [-0.15, -0.1) is 0 Å². The zero-order valence-corrected chi connectivity index (χ0v) is 43.0. The van der Waals surface area contributed by atoms with Crippen LogP contribution in [0.25, 0.3) is 0 Å². The minimum absolute atomic E-state index is 0.174. The second-order valence-corrected chi connectivity index (χ2v) is 18.7. The van der Waals surface area contributed by atoms with Gasteiger partial charge in [-0.1, -0.05) is 194 Å². The van der Waals surface area contributed by atoms with E-state index < -0.39 is 72.6 Å². The Morgan fingerprint density at radius 2 is 0.806 bits per heavy atom. The highest BCUT2D eigenvalue weighted by Gasteiger charge is 2.52. The third-order valence-electron chi connectivity index (χ3n) is 12.2. The van der Waals surface area contributed by atoms with E-state index in [0.29, 0.717) is 12.8 Å². The molecule has 0 bridgehead atoms. The predicted molar refractivity (Wildman–Crippen MR) is 260 cm³/mol. The molecule has 0 spiro atoms. The normalized spacial score (nSPS) is 18.4. The van der Waals surface area contributed by atoms with Crippen LogP contribution in [-0.2, 0) is 61.9 Å². The molecule has 6 atom stereocenters. The van der Waals surface area contributed by atoms with Crippen LogP contribution in [0.4, 0.5) is 0 Å². The minimum Gasteiger partial charge on any atom is -0.462 e. The second-order valence-electron chi connectivity index (χ2n) is 18.7. The molecule has 0 aromatic carbocycles. The van der Waals surface area contributed by atoms with Gasteiger partial charge in [0, 0.05) is 47.1 Å². The zero-order chi connectivity index (χ0) is 49.3. The summed E-state index contributed by atoms with van der Waals surface area (Å²) in [5, 5.41) is 2.61. The van der Waals surface area contributed by atoms with Gasteiger partial charge < -0.3 is 38.5 Å². The highest BCUT2D eigenvalue weighted by atomic mass is 16.7. The van der Waals surface area contributed by atoms with Gasteiger partial charge in [0.15, 0.2) is 30.7 Å². The molecule has 1 N–H and O–H groups in total. The minimum atomic E-state index is -1.44. The van der Waals surface area contributed by atoms with Gasteiger partial charge in [0.1, 0.15) is 12.7 Å². The van der Waals surface area contributed by atoms with Crippen molar-refractivity contribution in [1.82, 2.24) is 5.32 Å². The summed E-state index contributed by atoms with van der Waals surface area (Å²) in [6.07, 6.45) is 29.0. The largest absolute Gasteiger partial charge is 0.462 e. The first-order valence-corrected chi connectivity index (χ1v) is 26.8. The van der Waals surface area contributed by atoms with Gasteiger partial charge in [-0.25, -0.2) is 0 Å². The van der Waals surface area contributed by atoms with Gasteiger partial charge in [0.25, 0.3) is 0 Å². The van der Waals surface area contributed by atoms with E-state index in [0.717, 1.165) is 59.3 Å². The van der Waals surface area contributed by atoms with Crippen molar-refractivity contribution in [3.63, 3.8) is 0 Å². The summed E-state index contributed by atoms with van der Waals surface area (Å²) in [6.45, 7) is 8.43. The molecule has 0 aromatic rings. The van der Waals surface area contributed by atoms with Gasteiger partial charge >= 0.3 is 29.8 Å². The van der Waals surface area contributed by atoms with Crippen LogP contribution >= 0.6 is 0 Å². The van der Waals surface area contributed by atoms with Crippen LogP contribution in [0.15, 0.2) is 0 Å². The summed E-state index contributed by atoms with van der Waals surface area (Å²) >= 11 is 0. The van der Waals surface area contributed by atoms with E-state index >= 15 is 0 Å². The van der Waals surface area contributed by atoms with Crippen molar-refractivity contribution in [2.45, 2.75) is 284 Å². The Labute approximate surface area is 405 Å². The molecule has 0 saturated carbocycles. The summed E-state index contributed by atoms with van der Waals surface area (Å²) in [6, 6.07) is 0. The number of hydrogen-bond donors (Lipinski definition) is 1. The smallest absolute Gasteiger partial charge is 0.306 e. The van der Waals surface area contributed by atoms with Crippen molar-refractivity contribution in [3.05, 3.63) is 0 Å². The van der Waals surface area contributed by atoms with Crippen LogP contribution in [0.5, 0.6) is 0 Å². The lowest BCUT2D eigenvalue weighted by atomic mass is 9.97. The molecular weight excluding hydrogens is 859 g/mol. The molecule has 1 aliphatic heterocycles. The molecule has 1 fully saturated rings. The van der Waals surface area contributed by atoms with Gasteiger partial charge in [-0.3, -0.25) is 28.8 Å². The monoisotopic (exact) mass is 954 g/mol. The first kappa shape index (κ1) is 61.8. The summed E-state index contributed by atoms with van der Waals surface area (Å²) < 4.78 is 40.2. The third kappa shape index (κ3) is 34.6. The fourth-order valence-electron chi connectivity index (χ4n) is 8.50. The SMILES string of the molecule is CCCCCCCCCCCCCCCCCC(=O)OC[C@H](CO[C@H]1O[C@H](CNC(C)=O)[C@@H](OC(C)=O)[C@H](OC(C)=O)[C@H]1OC(C)=O)OC(=O)CCCCCCCCCCCCCCCCC. The first-order chi connectivity index (χ1) is 32.4. The summed E-state index contributed by atoms with van der Waals surface area (Å²) in [7, 11) is 0. The Bertz CT molecular complexity index is 1310. The standard InChI is InChI=1S/C53H95NO13/c1-7-9-11-13-15-17-19-21-23-25-27-29-31-33-35-37-48(59)61-40-46(66-49(60)38-36-34-32-30-28-26-24-22-20-18-16-14-12-10-8-2)41-62-53-52(65-45(6)58)51(64-44(5)57)50(63-43(4)56)47(67-53)39-54-42(3)55/h46-47,50-53H,7-41H2,1-6H3,(H,54,55)/t46-,47-,50-,51+,52-,53+/m1/s1. The number of rotatable bonds is 43.